The van der Waals surface area contributed by atoms with Crippen LogP contribution in [-0.4, -0.2) is 51.4 Å². The molecule has 0 saturated heterocycles. The van der Waals surface area contributed by atoms with Crippen molar-refractivity contribution >= 4 is 62.8 Å². The van der Waals surface area contributed by atoms with E-state index in [1.54, 1.807) is 48.5 Å². The van der Waals surface area contributed by atoms with E-state index in [4.69, 9.17) is 23.1 Å². The minimum atomic E-state index is -0.696. The summed E-state index contributed by atoms with van der Waals surface area (Å²) in [5.41, 5.74) is 14.5. The highest BCUT2D eigenvalue weighted by Gasteiger charge is 2.12. The minimum absolute atomic E-state index is 0.101. The average Bonchev–Trinajstić information content (AvgIpc) is 3.26. The lowest BCUT2D eigenvalue weighted by Crippen LogP contribution is -2.21. The zero-order chi connectivity index (χ0) is 44.3. The molecule has 14 nitrogen and oxygen atoms in total. The fourth-order valence-corrected chi connectivity index (χ4v) is 4.87. The molecule has 0 saturated carbocycles. The Bertz CT molecular complexity index is 2210. The predicted molar refractivity (Wildman–Crippen MR) is 240 cm³/mol. The average molecular weight is 834 g/mol. The summed E-state index contributed by atoms with van der Waals surface area (Å²) < 4.78 is 0. The van der Waals surface area contributed by atoms with Crippen LogP contribution in [-0.2, 0) is 0 Å². The van der Waals surface area contributed by atoms with Crippen LogP contribution in [0.25, 0.3) is 0 Å². The van der Waals surface area contributed by atoms with Gasteiger partial charge >= 0.3 is 0 Å². The molecule has 0 spiro atoms. The molecule has 0 radical (unpaired) electrons. The molecule has 0 aliphatic heterocycles. The molecule has 0 aliphatic carbocycles. The summed E-state index contributed by atoms with van der Waals surface area (Å²) >= 11 is 5.12. The molecule has 6 aromatic rings. The van der Waals surface area contributed by atoms with Crippen molar-refractivity contribution in [3.8, 4) is 0 Å². The molecule has 312 valence electrons. The van der Waals surface area contributed by atoms with E-state index < -0.39 is 15.1 Å². The SMILES string of the molecule is CCN(CC)CC.Nc1cccc(C(=O)Nc2ccccc2)c1.Nc1ccccc1.O=C(Cl)c1cccc([N+](=O)[O-])c1.O=C(Nc1ccccc1)c1cccc([N+](=O)[O-])c1. The monoisotopic (exact) mass is 833 g/mol. The van der Waals surface area contributed by atoms with E-state index in [0.717, 1.165) is 17.4 Å². The van der Waals surface area contributed by atoms with Gasteiger partial charge in [-0.3, -0.25) is 34.6 Å². The molecule has 6 N–H and O–H groups in total. The number of carbonyl (C=O) groups is 3. The maximum absolute atomic E-state index is 11.9. The zero-order valence-corrected chi connectivity index (χ0v) is 34.2. The summed E-state index contributed by atoms with van der Waals surface area (Å²) in [6, 6.07) is 45.5. The highest BCUT2D eigenvalue weighted by Crippen LogP contribution is 2.16. The van der Waals surface area contributed by atoms with Gasteiger partial charge in [0.1, 0.15) is 0 Å². The van der Waals surface area contributed by atoms with Crippen LogP contribution in [0.4, 0.5) is 34.1 Å². The van der Waals surface area contributed by atoms with Gasteiger partial charge < -0.3 is 27.0 Å². The van der Waals surface area contributed by atoms with Gasteiger partial charge in [0, 0.05) is 63.7 Å². The highest BCUT2D eigenvalue weighted by atomic mass is 35.5. The van der Waals surface area contributed by atoms with Crippen LogP contribution in [0, 0.1) is 20.2 Å². The maximum Gasteiger partial charge on any atom is 0.270 e. The van der Waals surface area contributed by atoms with Gasteiger partial charge in [0.25, 0.3) is 28.4 Å². The Labute approximate surface area is 354 Å². The van der Waals surface area contributed by atoms with Crippen molar-refractivity contribution in [2.45, 2.75) is 20.8 Å². The number of rotatable bonds is 10. The molecule has 0 atom stereocenters. The summed E-state index contributed by atoms with van der Waals surface area (Å²) in [6.07, 6.45) is 0. The number of amides is 2. The molecule has 60 heavy (non-hydrogen) atoms. The topological polar surface area (TPSA) is 217 Å². The Kier molecular flexibility index (Phi) is 22.1. The molecule has 0 fully saturated rings. The Hall–Kier alpha value is -7.42. The van der Waals surface area contributed by atoms with Crippen LogP contribution in [0.5, 0.6) is 0 Å². The number of benzene rings is 6. The molecule has 0 bridgehead atoms. The first-order chi connectivity index (χ1) is 28.8. The van der Waals surface area contributed by atoms with E-state index >= 15 is 0 Å². The minimum Gasteiger partial charge on any atom is -0.399 e. The Morgan fingerprint density at radius 2 is 0.867 bits per heavy atom. The standard InChI is InChI=1S/C13H10N2O3.C13H12N2O.C7H4ClNO3.C6H7N.C6H15N/c16-13(14-11-6-2-1-3-7-11)10-5-4-8-12(9-10)15(17)18;14-11-6-4-5-10(9-11)13(16)15-12-7-2-1-3-8-12;8-7(10)5-2-1-3-6(4-5)9(11)12;7-6-4-2-1-3-5-6;1-4-7(5-2)6-3/h1-9H,(H,14,16);1-9H,14H2,(H,15,16);1-4H;1-5H,7H2;4-6H2,1-3H3. The number of hydrogen-bond donors (Lipinski definition) is 4. The molecule has 0 aromatic heterocycles. The lowest BCUT2D eigenvalue weighted by molar-refractivity contribution is -0.385. The zero-order valence-electron chi connectivity index (χ0n) is 33.4. The number of nitrogens with zero attached hydrogens (tertiary/aromatic N) is 3. The van der Waals surface area contributed by atoms with Crippen molar-refractivity contribution in [2.75, 3.05) is 41.7 Å². The summed E-state index contributed by atoms with van der Waals surface area (Å²) in [5.74, 6) is -0.525. The molecule has 0 aliphatic rings. The number of hydrogen-bond acceptors (Lipinski definition) is 10. The fraction of sp³-hybridized carbons (Fsp3) is 0.133. The molecule has 0 heterocycles. The van der Waals surface area contributed by atoms with E-state index in [1.807, 2.05) is 66.7 Å². The number of nitrogen functional groups attached to an aromatic ring is 2. The summed E-state index contributed by atoms with van der Waals surface area (Å²) in [6.45, 7) is 10.1. The van der Waals surface area contributed by atoms with Crippen LogP contribution < -0.4 is 22.1 Å². The largest absolute Gasteiger partial charge is 0.399 e. The van der Waals surface area contributed by atoms with Crippen LogP contribution in [0.2, 0.25) is 0 Å². The molecule has 0 unspecified atom stereocenters. The third-order valence-corrected chi connectivity index (χ3v) is 8.17. The van der Waals surface area contributed by atoms with Gasteiger partial charge in [-0.25, -0.2) is 0 Å². The highest BCUT2D eigenvalue weighted by molar-refractivity contribution is 6.67. The van der Waals surface area contributed by atoms with Crippen molar-refractivity contribution in [1.29, 1.82) is 0 Å². The lowest BCUT2D eigenvalue weighted by atomic mass is 10.2. The number of nitrogens with two attached hydrogens (primary N) is 2. The number of nitrogens with one attached hydrogen (secondary N) is 2. The number of non-ortho nitro benzene ring substituents is 2. The molecular formula is C45H48ClN7O7. The number of anilines is 4. The normalized spacial score (nSPS) is 9.62. The summed E-state index contributed by atoms with van der Waals surface area (Å²) in [4.78, 5) is 56.3. The summed E-state index contributed by atoms with van der Waals surface area (Å²) in [7, 11) is 0. The van der Waals surface area contributed by atoms with Crippen LogP contribution >= 0.6 is 11.6 Å². The Morgan fingerprint density at radius 3 is 1.20 bits per heavy atom. The molecule has 6 rings (SSSR count). The second-order valence-electron chi connectivity index (χ2n) is 12.2. The van der Waals surface area contributed by atoms with Crippen LogP contribution in [0.1, 0.15) is 51.8 Å². The van der Waals surface area contributed by atoms with Gasteiger partial charge in [-0.05, 0) is 98.0 Å². The summed E-state index contributed by atoms with van der Waals surface area (Å²) in [5, 5.41) is 25.6. The van der Waals surface area contributed by atoms with Gasteiger partial charge in [-0.2, -0.15) is 0 Å². The first-order valence-corrected chi connectivity index (χ1v) is 19.0. The van der Waals surface area contributed by atoms with Gasteiger partial charge in [-0.15, -0.1) is 0 Å². The lowest BCUT2D eigenvalue weighted by Gasteiger charge is -2.13. The van der Waals surface area contributed by atoms with E-state index in [9.17, 15) is 34.6 Å². The van der Waals surface area contributed by atoms with E-state index in [2.05, 4.69) is 36.3 Å². The molecule has 15 heteroatoms. The molecular weight excluding hydrogens is 786 g/mol. The van der Waals surface area contributed by atoms with Crippen LogP contribution in [0.3, 0.4) is 0 Å². The van der Waals surface area contributed by atoms with Gasteiger partial charge in [0.15, 0.2) is 0 Å². The fourth-order valence-electron chi connectivity index (χ4n) is 4.76. The van der Waals surface area contributed by atoms with Crippen molar-refractivity contribution in [1.82, 2.24) is 4.90 Å². The predicted octanol–water partition coefficient (Wildman–Crippen LogP) is 9.96. The third-order valence-electron chi connectivity index (χ3n) is 7.96. The molecule has 2 amide bonds. The quantitative estimate of drug-likeness (QED) is 0.0443. The number of para-hydroxylation sites is 3. The van der Waals surface area contributed by atoms with Gasteiger partial charge in [0.05, 0.1) is 9.85 Å². The maximum atomic E-state index is 11.9. The Balaban J connectivity index is 0.000000271. The van der Waals surface area contributed by atoms with E-state index in [1.165, 1.54) is 62.1 Å². The van der Waals surface area contributed by atoms with Crippen molar-refractivity contribution < 1.29 is 24.2 Å². The van der Waals surface area contributed by atoms with Crippen molar-refractivity contribution in [3.05, 3.63) is 201 Å². The van der Waals surface area contributed by atoms with E-state index in [0.29, 0.717) is 16.9 Å². The number of carbonyl (C=O) groups excluding carboxylic acids is 3. The smallest absolute Gasteiger partial charge is 0.270 e. The van der Waals surface area contributed by atoms with E-state index in [-0.39, 0.29) is 34.3 Å². The third kappa shape index (κ3) is 19.1. The van der Waals surface area contributed by atoms with Crippen molar-refractivity contribution in [2.24, 2.45) is 0 Å². The molecule has 6 aromatic carbocycles. The number of halogens is 1. The van der Waals surface area contributed by atoms with Gasteiger partial charge in [0.2, 0.25) is 0 Å². The van der Waals surface area contributed by atoms with Gasteiger partial charge in [-0.1, -0.05) is 93.6 Å². The first-order valence-electron chi connectivity index (χ1n) is 18.6. The van der Waals surface area contributed by atoms with Crippen molar-refractivity contribution in [3.63, 3.8) is 0 Å². The number of nitro groups is 2. The van der Waals surface area contributed by atoms with Crippen LogP contribution in [0.15, 0.2) is 164 Å². The number of nitro benzene ring substituents is 2. The first kappa shape index (κ1) is 48.7. The second kappa shape index (κ2) is 27.3. The second-order valence-corrected chi connectivity index (χ2v) is 12.5. The Morgan fingerprint density at radius 1 is 0.517 bits per heavy atom.